The number of nitro groups is 1. The maximum Gasteiger partial charge on any atom is 0.269 e. The Morgan fingerprint density at radius 3 is 2.44 bits per heavy atom. The number of benzene rings is 3. The van der Waals surface area contributed by atoms with E-state index >= 15 is 0 Å². The molecule has 3 aromatic carbocycles. The van der Waals surface area contributed by atoms with Gasteiger partial charge in [-0.15, -0.1) is 0 Å². The van der Waals surface area contributed by atoms with Crippen molar-refractivity contribution in [1.29, 1.82) is 5.26 Å². The van der Waals surface area contributed by atoms with Crippen molar-refractivity contribution in [2.24, 2.45) is 0 Å². The van der Waals surface area contributed by atoms with Crippen LogP contribution < -0.4 is 14.8 Å². The molecule has 172 valence electrons. The van der Waals surface area contributed by atoms with Crippen molar-refractivity contribution in [2.75, 3.05) is 12.4 Å². The van der Waals surface area contributed by atoms with Crippen LogP contribution in [0.25, 0.3) is 6.08 Å². The fourth-order valence-corrected chi connectivity index (χ4v) is 3.08. The molecule has 0 atom stereocenters. The van der Waals surface area contributed by atoms with Gasteiger partial charge in [0.05, 0.1) is 12.0 Å². The number of nitrogens with zero attached hydrogens (tertiary/aromatic N) is 2. The highest BCUT2D eigenvalue weighted by atomic mass is 16.6. The van der Waals surface area contributed by atoms with E-state index in [-0.39, 0.29) is 17.9 Å². The molecule has 8 heteroatoms. The van der Waals surface area contributed by atoms with Crippen LogP contribution in [0.2, 0.25) is 0 Å². The zero-order valence-corrected chi connectivity index (χ0v) is 19.0. The van der Waals surface area contributed by atoms with Crippen LogP contribution in [0.15, 0.2) is 66.2 Å². The molecule has 0 aliphatic heterocycles. The summed E-state index contributed by atoms with van der Waals surface area (Å²) in [5.74, 6) is 0.390. The number of nitro benzene ring substituents is 1. The molecule has 0 heterocycles. The molecule has 0 fully saturated rings. The average molecular weight is 457 g/mol. The van der Waals surface area contributed by atoms with Gasteiger partial charge in [-0.05, 0) is 73.0 Å². The minimum Gasteiger partial charge on any atom is -0.497 e. The van der Waals surface area contributed by atoms with E-state index in [0.29, 0.717) is 22.7 Å². The van der Waals surface area contributed by atoms with Crippen molar-refractivity contribution >= 4 is 23.4 Å². The number of methoxy groups -OCH3 is 1. The average Bonchev–Trinajstić information content (AvgIpc) is 2.84. The molecule has 0 spiro atoms. The predicted octanol–water partition coefficient (Wildman–Crippen LogP) is 5.34. The molecule has 3 aromatic rings. The van der Waals surface area contributed by atoms with Gasteiger partial charge in [-0.2, -0.15) is 5.26 Å². The number of non-ortho nitro benzene ring substituents is 1. The predicted molar refractivity (Wildman–Crippen MR) is 129 cm³/mol. The van der Waals surface area contributed by atoms with E-state index < -0.39 is 10.8 Å². The number of nitrogens with one attached hydrogen (secondary N) is 1. The largest absolute Gasteiger partial charge is 0.497 e. The molecule has 0 aliphatic carbocycles. The van der Waals surface area contributed by atoms with Gasteiger partial charge in [0.2, 0.25) is 0 Å². The molecular weight excluding hydrogens is 434 g/mol. The molecule has 0 bridgehead atoms. The molecule has 34 heavy (non-hydrogen) atoms. The molecule has 0 unspecified atom stereocenters. The Morgan fingerprint density at radius 2 is 1.82 bits per heavy atom. The smallest absolute Gasteiger partial charge is 0.269 e. The zero-order chi connectivity index (χ0) is 24.7. The van der Waals surface area contributed by atoms with E-state index in [1.54, 1.807) is 36.4 Å². The summed E-state index contributed by atoms with van der Waals surface area (Å²) in [6, 6.07) is 18.5. The summed E-state index contributed by atoms with van der Waals surface area (Å²) in [7, 11) is 1.52. The van der Waals surface area contributed by atoms with Gasteiger partial charge in [0.25, 0.3) is 11.6 Å². The minimum absolute atomic E-state index is 0.0119. The topological polar surface area (TPSA) is 114 Å². The standard InChI is InChI=1S/C26H23N3O5/c1-17-4-8-22(12-18(17)2)28-26(30)21(15-27)13-20-7-11-24(33-3)14-25(20)34-16-19-5-9-23(10-6-19)29(31)32/h4-14H,16H2,1-3H3,(H,28,30)/b21-13+. The van der Waals surface area contributed by atoms with Crippen LogP contribution in [0, 0.1) is 35.3 Å². The second-order valence-electron chi connectivity index (χ2n) is 7.54. The van der Waals surface area contributed by atoms with Crippen molar-refractivity contribution in [1.82, 2.24) is 0 Å². The maximum absolute atomic E-state index is 12.7. The molecule has 1 amide bonds. The van der Waals surface area contributed by atoms with E-state index in [2.05, 4.69) is 5.32 Å². The van der Waals surface area contributed by atoms with Gasteiger partial charge < -0.3 is 14.8 Å². The number of hydrogen-bond donors (Lipinski definition) is 1. The van der Waals surface area contributed by atoms with Crippen molar-refractivity contribution < 1.29 is 19.2 Å². The Labute approximate surface area is 197 Å². The van der Waals surface area contributed by atoms with E-state index in [9.17, 15) is 20.2 Å². The quantitative estimate of drug-likeness (QED) is 0.211. The van der Waals surface area contributed by atoms with Crippen LogP contribution in [0.3, 0.4) is 0 Å². The van der Waals surface area contributed by atoms with Crippen LogP contribution in [0.5, 0.6) is 11.5 Å². The Kier molecular flexibility index (Phi) is 7.62. The highest BCUT2D eigenvalue weighted by Gasteiger charge is 2.13. The number of anilines is 1. The molecule has 0 radical (unpaired) electrons. The SMILES string of the molecule is COc1ccc(/C=C(\C#N)C(=O)Nc2ccc(C)c(C)c2)c(OCc2ccc([N+](=O)[O-])cc2)c1. The van der Waals surface area contributed by atoms with Crippen molar-refractivity contribution in [2.45, 2.75) is 20.5 Å². The van der Waals surface area contributed by atoms with Crippen LogP contribution >= 0.6 is 0 Å². The molecule has 0 saturated carbocycles. The minimum atomic E-state index is -0.539. The van der Waals surface area contributed by atoms with E-state index in [4.69, 9.17) is 9.47 Å². The van der Waals surface area contributed by atoms with Gasteiger partial charge in [-0.3, -0.25) is 14.9 Å². The normalized spacial score (nSPS) is 10.8. The third-order valence-corrected chi connectivity index (χ3v) is 5.19. The lowest BCUT2D eigenvalue weighted by Gasteiger charge is -2.12. The van der Waals surface area contributed by atoms with E-state index in [1.807, 2.05) is 32.0 Å². The number of amides is 1. The van der Waals surface area contributed by atoms with Gasteiger partial charge in [-0.1, -0.05) is 6.07 Å². The van der Waals surface area contributed by atoms with Crippen molar-refractivity contribution in [3.63, 3.8) is 0 Å². The highest BCUT2D eigenvalue weighted by molar-refractivity contribution is 6.09. The fourth-order valence-electron chi connectivity index (χ4n) is 3.08. The number of nitriles is 1. The second kappa shape index (κ2) is 10.8. The van der Waals surface area contributed by atoms with Crippen molar-refractivity contribution in [3.05, 3.63) is 98.6 Å². The van der Waals surface area contributed by atoms with Crippen LogP contribution in [-0.2, 0) is 11.4 Å². The number of hydrogen-bond acceptors (Lipinski definition) is 6. The molecule has 0 aliphatic rings. The van der Waals surface area contributed by atoms with Gasteiger partial charge in [-0.25, -0.2) is 0 Å². The first-order valence-electron chi connectivity index (χ1n) is 10.3. The maximum atomic E-state index is 12.7. The van der Waals surface area contributed by atoms with Crippen molar-refractivity contribution in [3.8, 4) is 17.6 Å². The summed E-state index contributed by atoms with van der Waals surface area (Å²) in [6.45, 7) is 4.05. The highest BCUT2D eigenvalue weighted by Crippen LogP contribution is 2.28. The lowest BCUT2D eigenvalue weighted by molar-refractivity contribution is -0.384. The summed E-state index contributed by atoms with van der Waals surface area (Å²) < 4.78 is 11.2. The third kappa shape index (κ3) is 5.99. The Balaban J connectivity index is 1.83. The molecule has 1 N–H and O–H groups in total. The van der Waals surface area contributed by atoms with Crippen LogP contribution in [0.4, 0.5) is 11.4 Å². The monoisotopic (exact) mass is 457 g/mol. The molecule has 3 rings (SSSR count). The van der Waals surface area contributed by atoms with E-state index in [0.717, 1.165) is 16.7 Å². The Morgan fingerprint density at radius 1 is 1.09 bits per heavy atom. The first-order valence-corrected chi connectivity index (χ1v) is 10.3. The number of carbonyl (C=O) groups is 1. The van der Waals surface area contributed by atoms with E-state index in [1.165, 1.54) is 25.3 Å². The lowest BCUT2D eigenvalue weighted by atomic mass is 10.1. The van der Waals surface area contributed by atoms with Gasteiger partial charge >= 0.3 is 0 Å². The molecule has 0 aromatic heterocycles. The zero-order valence-electron chi connectivity index (χ0n) is 19.0. The van der Waals surface area contributed by atoms with Gasteiger partial charge in [0, 0.05) is 29.4 Å². The Bertz CT molecular complexity index is 1290. The number of carbonyl (C=O) groups excluding carboxylic acids is 1. The molecule has 8 nitrogen and oxygen atoms in total. The number of ether oxygens (including phenoxy) is 2. The number of aryl methyl sites for hydroxylation is 2. The summed E-state index contributed by atoms with van der Waals surface area (Å²) in [6.07, 6.45) is 1.45. The molecular formula is C26H23N3O5. The summed E-state index contributed by atoms with van der Waals surface area (Å²) in [5.41, 5.74) is 3.84. The number of rotatable bonds is 8. The summed E-state index contributed by atoms with van der Waals surface area (Å²) >= 11 is 0. The first kappa shape index (κ1) is 24.0. The summed E-state index contributed by atoms with van der Waals surface area (Å²) in [4.78, 5) is 23.1. The summed E-state index contributed by atoms with van der Waals surface area (Å²) in [5, 5.41) is 23.2. The second-order valence-corrected chi connectivity index (χ2v) is 7.54. The fraction of sp³-hybridized carbons (Fsp3) is 0.154. The van der Waals surface area contributed by atoms with Crippen LogP contribution in [-0.4, -0.2) is 17.9 Å². The van der Waals surface area contributed by atoms with Gasteiger partial charge in [0.15, 0.2) is 0 Å². The lowest BCUT2D eigenvalue weighted by Crippen LogP contribution is -2.13. The van der Waals surface area contributed by atoms with Crippen LogP contribution in [0.1, 0.15) is 22.3 Å². The Hall–Kier alpha value is -4.64. The third-order valence-electron chi connectivity index (χ3n) is 5.19. The molecule has 0 saturated heterocycles. The van der Waals surface area contributed by atoms with Gasteiger partial charge in [0.1, 0.15) is 29.7 Å². The first-order chi connectivity index (χ1) is 16.3.